The molecule has 22 heavy (non-hydrogen) atoms. The number of ether oxygens (including phenoxy) is 1. The Balaban J connectivity index is 1.47. The zero-order valence-corrected chi connectivity index (χ0v) is 13.3. The van der Waals surface area contributed by atoms with Crippen molar-refractivity contribution in [3.05, 3.63) is 12.2 Å². The summed E-state index contributed by atoms with van der Waals surface area (Å²) < 4.78 is 7.41. The first-order valence-electron chi connectivity index (χ1n) is 8.17. The van der Waals surface area contributed by atoms with E-state index in [1.165, 1.54) is 0 Å². The zero-order valence-electron chi connectivity index (χ0n) is 13.3. The lowest BCUT2D eigenvalue weighted by Gasteiger charge is -2.24. The highest BCUT2D eigenvalue weighted by Gasteiger charge is 2.29. The molecule has 0 radical (unpaired) electrons. The van der Waals surface area contributed by atoms with Gasteiger partial charge in [-0.25, -0.2) is 0 Å². The molecule has 2 aliphatic rings. The van der Waals surface area contributed by atoms with Gasteiger partial charge in [-0.1, -0.05) is 0 Å². The van der Waals surface area contributed by atoms with Crippen LogP contribution >= 0.6 is 0 Å². The number of hydrogen-bond acceptors (Lipinski definition) is 5. The summed E-state index contributed by atoms with van der Waals surface area (Å²) in [5.41, 5.74) is 0. The largest absolute Gasteiger partial charge is 0.381 e. The van der Waals surface area contributed by atoms with Crippen LogP contribution in [0.4, 0.5) is 0 Å². The second-order valence-corrected chi connectivity index (χ2v) is 6.15. The number of carbonyl (C=O) groups is 1. The van der Waals surface area contributed by atoms with E-state index >= 15 is 0 Å². The van der Waals surface area contributed by atoms with Gasteiger partial charge in [-0.15, -0.1) is 10.2 Å². The molecule has 2 aliphatic heterocycles. The molecule has 3 heterocycles. The third kappa shape index (κ3) is 3.64. The average molecular weight is 307 g/mol. The number of hydrogen-bond donors (Lipinski definition) is 0. The monoisotopic (exact) mass is 307 g/mol. The average Bonchev–Trinajstić information content (AvgIpc) is 3.13. The fraction of sp³-hybridized carbons (Fsp3) is 0.800. The lowest BCUT2D eigenvalue weighted by molar-refractivity contribution is -0.135. The molecule has 0 aromatic carbocycles. The minimum atomic E-state index is 0.0891. The fourth-order valence-corrected chi connectivity index (χ4v) is 3.18. The quantitative estimate of drug-likeness (QED) is 0.793. The van der Waals surface area contributed by atoms with Crippen molar-refractivity contribution in [3.63, 3.8) is 0 Å². The summed E-state index contributed by atoms with van der Waals surface area (Å²) >= 11 is 0. The van der Waals surface area contributed by atoms with Crippen molar-refractivity contribution in [1.29, 1.82) is 0 Å². The van der Waals surface area contributed by atoms with Gasteiger partial charge in [-0.05, 0) is 26.3 Å². The Morgan fingerprint density at radius 1 is 1.32 bits per heavy atom. The lowest BCUT2D eigenvalue weighted by atomic mass is 10.1. The molecule has 1 atom stereocenters. The van der Waals surface area contributed by atoms with Gasteiger partial charge in [0.05, 0.1) is 12.5 Å². The summed E-state index contributed by atoms with van der Waals surface area (Å²) in [6.07, 6.45) is 3.70. The van der Waals surface area contributed by atoms with Crippen LogP contribution in [0.15, 0.2) is 6.33 Å². The number of aromatic nitrogens is 3. The summed E-state index contributed by atoms with van der Waals surface area (Å²) in [6.45, 7) is 8.89. The Bertz CT molecular complexity index is 498. The van der Waals surface area contributed by atoms with E-state index in [4.69, 9.17) is 4.74 Å². The molecule has 7 heteroatoms. The third-order valence-corrected chi connectivity index (χ3v) is 4.65. The smallest absolute Gasteiger partial charge is 0.228 e. The van der Waals surface area contributed by atoms with Gasteiger partial charge >= 0.3 is 0 Å². The lowest BCUT2D eigenvalue weighted by Crippen LogP contribution is -2.39. The molecule has 0 spiro atoms. The van der Waals surface area contributed by atoms with Crippen molar-refractivity contribution in [2.45, 2.75) is 26.3 Å². The fourth-order valence-electron chi connectivity index (χ4n) is 3.18. The van der Waals surface area contributed by atoms with Crippen LogP contribution in [0.5, 0.6) is 0 Å². The Morgan fingerprint density at radius 3 is 2.95 bits per heavy atom. The molecule has 0 N–H and O–H groups in total. The van der Waals surface area contributed by atoms with Gasteiger partial charge in [0.25, 0.3) is 0 Å². The van der Waals surface area contributed by atoms with E-state index < -0.39 is 0 Å². The number of carbonyl (C=O) groups excluding carboxylic acids is 1. The van der Waals surface area contributed by atoms with Gasteiger partial charge in [0.15, 0.2) is 0 Å². The zero-order chi connectivity index (χ0) is 15.4. The van der Waals surface area contributed by atoms with Crippen LogP contribution in [0.25, 0.3) is 0 Å². The minimum Gasteiger partial charge on any atom is -0.381 e. The maximum absolute atomic E-state index is 12.5. The second-order valence-electron chi connectivity index (χ2n) is 6.15. The van der Waals surface area contributed by atoms with Crippen LogP contribution < -0.4 is 0 Å². The topological polar surface area (TPSA) is 63.5 Å². The molecule has 7 nitrogen and oxygen atoms in total. The first kappa shape index (κ1) is 15.4. The molecule has 1 aromatic rings. The maximum Gasteiger partial charge on any atom is 0.228 e. The van der Waals surface area contributed by atoms with Crippen LogP contribution in [0.1, 0.15) is 18.7 Å². The van der Waals surface area contributed by atoms with Crippen LogP contribution in [-0.2, 0) is 16.1 Å². The second kappa shape index (κ2) is 7.19. The minimum absolute atomic E-state index is 0.0891. The molecular formula is C15H25N5O2. The Hall–Kier alpha value is -1.47. The van der Waals surface area contributed by atoms with Gasteiger partial charge in [-0.2, -0.15) is 0 Å². The van der Waals surface area contributed by atoms with E-state index in [-0.39, 0.29) is 11.8 Å². The summed E-state index contributed by atoms with van der Waals surface area (Å²) in [5, 5.41) is 7.92. The summed E-state index contributed by atoms with van der Waals surface area (Å²) in [7, 11) is 0. The highest BCUT2D eigenvalue weighted by atomic mass is 16.5. The molecule has 0 aliphatic carbocycles. The van der Waals surface area contributed by atoms with Gasteiger partial charge < -0.3 is 14.2 Å². The number of nitrogens with zero attached hydrogens (tertiary/aromatic N) is 5. The number of amides is 1. The first-order chi connectivity index (χ1) is 10.7. The van der Waals surface area contributed by atoms with E-state index in [1.807, 2.05) is 11.8 Å². The molecule has 1 aromatic heterocycles. The molecular weight excluding hydrogens is 282 g/mol. The SMILES string of the molecule is Cc1nncn1CCN1CCCN(C(=O)C2CCOC2)CC1. The van der Waals surface area contributed by atoms with Crippen LogP contribution in [0.2, 0.25) is 0 Å². The van der Waals surface area contributed by atoms with Crippen LogP contribution in [0.3, 0.4) is 0 Å². The first-order valence-corrected chi connectivity index (χ1v) is 8.17. The van der Waals surface area contributed by atoms with E-state index in [0.717, 1.165) is 64.5 Å². The van der Waals surface area contributed by atoms with Crippen molar-refractivity contribution < 1.29 is 9.53 Å². The molecule has 1 unspecified atom stereocenters. The van der Waals surface area contributed by atoms with Crippen molar-refractivity contribution in [3.8, 4) is 0 Å². The van der Waals surface area contributed by atoms with E-state index in [2.05, 4.69) is 19.7 Å². The Morgan fingerprint density at radius 2 is 2.23 bits per heavy atom. The standard InChI is InChI=1S/C15H25N5O2/c1-13-17-16-12-20(13)9-7-18-4-2-5-19(8-6-18)15(21)14-3-10-22-11-14/h12,14H,2-11H2,1H3. The van der Waals surface area contributed by atoms with Gasteiger partial charge in [0, 0.05) is 39.3 Å². The molecule has 122 valence electrons. The van der Waals surface area contributed by atoms with Gasteiger partial charge in [0.1, 0.15) is 12.2 Å². The Kier molecular flexibility index (Phi) is 5.04. The molecule has 2 saturated heterocycles. The van der Waals surface area contributed by atoms with Crippen molar-refractivity contribution in [2.24, 2.45) is 5.92 Å². The van der Waals surface area contributed by atoms with E-state index in [0.29, 0.717) is 6.61 Å². The van der Waals surface area contributed by atoms with E-state index in [9.17, 15) is 4.79 Å². The maximum atomic E-state index is 12.5. The number of aryl methyl sites for hydroxylation is 1. The van der Waals surface area contributed by atoms with Gasteiger partial charge in [-0.3, -0.25) is 9.69 Å². The molecule has 0 bridgehead atoms. The highest BCUT2D eigenvalue weighted by molar-refractivity contribution is 5.79. The molecule has 1 amide bonds. The van der Waals surface area contributed by atoms with Gasteiger partial charge in [0.2, 0.25) is 5.91 Å². The third-order valence-electron chi connectivity index (χ3n) is 4.65. The highest BCUT2D eigenvalue weighted by Crippen LogP contribution is 2.17. The normalized spacial score (nSPS) is 23.7. The summed E-state index contributed by atoms with van der Waals surface area (Å²) in [4.78, 5) is 16.9. The molecule has 3 rings (SSSR count). The summed E-state index contributed by atoms with van der Waals surface area (Å²) in [5.74, 6) is 1.33. The molecule has 2 fully saturated rings. The predicted octanol–water partition coefficient (Wildman–Crippen LogP) is 0.157. The Labute approximate surface area is 131 Å². The van der Waals surface area contributed by atoms with Crippen molar-refractivity contribution in [1.82, 2.24) is 24.6 Å². The van der Waals surface area contributed by atoms with E-state index in [1.54, 1.807) is 6.33 Å². The predicted molar refractivity (Wildman–Crippen MR) is 81.3 cm³/mol. The summed E-state index contributed by atoms with van der Waals surface area (Å²) in [6, 6.07) is 0. The van der Waals surface area contributed by atoms with Crippen LogP contribution in [0, 0.1) is 12.8 Å². The number of rotatable bonds is 4. The van der Waals surface area contributed by atoms with Crippen molar-refractivity contribution in [2.75, 3.05) is 45.9 Å². The molecule has 0 saturated carbocycles. The van der Waals surface area contributed by atoms with Crippen molar-refractivity contribution >= 4 is 5.91 Å². The van der Waals surface area contributed by atoms with Crippen LogP contribution in [-0.4, -0.2) is 76.4 Å².